The minimum absolute atomic E-state index is 0.205. The van der Waals surface area contributed by atoms with Gasteiger partial charge in [0.25, 0.3) is 5.91 Å². The van der Waals surface area contributed by atoms with E-state index in [4.69, 9.17) is 25.8 Å². The molecule has 2 aromatic rings. The predicted octanol–water partition coefficient (Wildman–Crippen LogP) is 3.68. The molecular formula is C19H24ClN3O4S. The summed E-state index contributed by atoms with van der Waals surface area (Å²) in [6, 6.07) is 3.13. The maximum atomic E-state index is 12.6. The minimum Gasteiger partial charge on any atom is -0.493 e. The molecule has 0 saturated carbocycles. The third kappa shape index (κ3) is 4.94. The molecular weight excluding hydrogens is 402 g/mol. The first-order chi connectivity index (χ1) is 13.4. The van der Waals surface area contributed by atoms with Gasteiger partial charge in [0.05, 0.1) is 37.1 Å². The fraction of sp³-hybridized carbons (Fsp3) is 0.474. The second-order valence-corrected chi connectivity index (χ2v) is 8.01. The SMILES string of the molecule is COc1cc(C(=O)Nc2nc(CN3CC(C)OC(C)C3)cs2)cc(Cl)c1OC. The van der Waals surface area contributed by atoms with Gasteiger partial charge in [-0.2, -0.15) is 0 Å². The Morgan fingerprint density at radius 3 is 2.68 bits per heavy atom. The number of amides is 1. The molecule has 1 aliphatic heterocycles. The van der Waals surface area contributed by atoms with Gasteiger partial charge < -0.3 is 14.2 Å². The number of ether oxygens (including phenoxy) is 3. The molecule has 0 bridgehead atoms. The van der Waals surface area contributed by atoms with Crippen molar-refractivity contribution >= 4 is 34.0 Å². The van der Waals surface area contributed by atoms with E-state index in [9.17, 15) is 4.79 Å². The number of hydrogen-bond acceptors (Lipinski definition) is 7. The van der Waals surface area contributed by atoms with Crippen molar-refractivity contribution in [2.24, 2.45) is 0 Å². The van der Waals surface area contributed by atoms with Crippen molar-refractivity contribution in [3.05, 3.63) is 33.8 Å². The van der Waals surface area contributed by atoms with Gasteiger partial charge in [0.2, 0.25) is 0 Å². The fourth-order valence-corrected chi connectivity index (χ4v) is 4.28. The van der Waals surface area contributed by atoms with E-state index in [-0.39, 0.29) is 18.1 Å². The van der Waals surface area contributed by atoms with Gasteiger partial charge in [0.1, 0.15) is 0 Å². The highest BCUT2D eigenvalue weighted by Crippen LogP contribution is 2.36. The standard InChI is InChI=1S/C19H24ClN3O4S/c1-11-7-23(8-12(2)27-11)9-14-10-28-19(21-14)22-18(24)13-5-15(20)17(26-4)16(6-13)25-3/h5-6,10-12H,7-9H2,1-4H3,(H,21,22,24). The summed E-state index contributed by atoms with van der Waals surface area (Å²) in [5.74, 6) is 0.485. The summed E-state index contributed by atoms with van der Waals surface area (Å²) in [6.07, 6.45) is 0.410. The molecule has 9 heteroatoms. The molecule has 1 aromatic carbocycles. The summed E-state index contributed by atoms with van der Waals surface area (Å²) in [7, 11) is 2.99. The Hall–Kier alpha value is -1.87. The van der Waals surface area contributed by atoms with Crippen LogP contribution in [0.3, 0.4) is 0 Å². The van der Waals surface area contributed by atoms with Crippen LogP contribution >= 0.6 is 22.9 Å². The van der Waals surface area contributed by atoms with Gasteiger partial charge in [-0.1, -0.05) is 11.6 Å². The summed E-state index contributed by atoms with van der Waals surface area (Å²) < 4.78 is 16.2. The molecule has 2 atom stereocenters. The zero-order valence-corrected chi connectivity index (χ0v) is 17.9. The van der Waals surface area contributed by atoms with Gasteiger partial charge in [0.15, 0.2) is 16.6 Å². The van der Waals surface area contributed by atoms with E-state index in [1.165, 1.54) is 25.6 Å². The molecule has 7 nitrogen and oxygen atoms in total. The van der Waals surface area contributed by atoms with Crippen LogP contribution in [0.1, 0.15) is 29.9 Å². The van der Waals surface area contributed by atoms with Crippen LogP contribution in [-0.2, 0) is 11.3 Å². The van der Waals surface area contributed by atoms with Crippen LogP contribution in [0.15, 0.2) is 17.5 Å². The van der Waals surface area contributed by atoms with Gasteiger partial charge in [-0.05, 0) is 26.0 Å². The van der Waals surface area contributed by atoms with Crippen molar-refractivity contribution in [3.63, 3.8) is 0 Å². The molecule has 1 fully saturated rings. The number of methoxy groups -OCH3 is 2. The topological polar surface area (TPSA) is 72.9 Å². The molecule has 1 saturated heterocycles. The largest absolute Gasteiger partial charge is 0.493 e. The highest BCUT2D eigenvalue weighted by atomic mass is 35.5. The van der Waals surface area contributed by atoms with Crippen molar-refractivity contribution in [1.29, 1.82) is 0 Å². The monoisotopic (exact) mass is 425 g/mol. The molecule has 1 aliphatic rings. The van der Waals surface area contributed by atoms with Crippen LogP contribution in [0, 0.1) is 0 Å². The number of halogens is 1. The zero-order chi connectivity index (χ0) is 20.3. The lowest BCUT2D eigenvalue weighted by atomic mass is 10.2. The predicted molar refractivity (Wildman–Crippen MR) is 110 cm³/mol. The van der Waals surface area contributed by atoms with E-state index in [0.29, 0.717) is 27.2 Å². The Labute approximate surface area is 173 Å². The Kier molecular flexibility index (Phi) is 6.77. The Balaban J connectivity index is 1.66. The summed E-state index contributed by atoms with van der Waals surface area (Å²) in [6.45, 7) is 6.61. The lowest BCUT2D eigenvalue weighted by molar-refractivity contribution is -0.0707. The van der Waals surface area contributed by atoms with Gasteiger partial charge in [-0.25, -0.2) is 4.98 Å². The third-order valence-corrected chi connectivity index (χ3v) is 5.44. The average molecular weight is 426 g/mol. The second kappa shape index (κ2) is 9.09. The molecule has 0 spiro atoms. The number of rotatable bonds is 6. The number of morpholine rings is 1. The molecule has 28 heavy (non-hydrogen) atoms. The first kappa shape index (κ1) is 20.9. The first-order valence-corrected chi connectivity index (χ1v) is 10.2. The summed E-state index contributed by atoms with van der Waals surface area (Å²) in [4.78, 5) is 19.4. The van der Waals surface area contributed by atoms with Crippen molar-refractivity contribution in [2.75, 3.05) is 32.6 Å². The third-order valence-electron chi connectivity index (χ3n) is 4.35. The van der Waals surface area contributed by atoms with Crippen LogP contribution in [-0.4, -0.2) is 55.3 Å². The number of hydrogen-bond donors (Lipinski definition) is 1. The number of nitrogens with one attached hydrogen (secondary N) is 1. The molecule has 0 radical (unpaired) electrons. The quantitative estimate of drug-likeness (QED) is 0.761. The molecule has 1 aromatic heterocycles. The Morgan fingerprint density at radius 1 is 1.32 bits per heavy atom. The number of nitrogens with zero attached hydrogens (tertiary/aromatic N) is 2. The lowest BCUT2D eigenvalue weighted by Crippen LogP contribution is -2.44. The highest BCUT2D eigenvalue weighted by Gasteiger charge is 2.23. The molecule has 1 N–H and O–H groups in total. The van der Waals surface area contributed by atoms with Gasteiger partial charge in [-0.15, -0.1) is 11.3 Å². The van der Waals surface area contributed by atoms with Crippen LogP contribution < -0.4 is 14.8 Å². The first-order valence-electron chi connectivity index (χ1n) is 8.94. The van der Waals surface area contributed by atoms with Crippen LogP contribution in [0.5, 0.6) is 11.5 Å². The lowest BCUT2D eigenvalue weighted by Gasteiger charge is -2.34. The van der Waals surface area contributed by atoms with Crippen LogP contribution in [0.4, 0.5) is 5.13 Å². The van der Waals surface area contributed by atoms with E-state index < -0.39 is 0 Å². The highest BCUT2D eigenvalue weighted by molar-refractivity contribution is 7.14. The van der Waals surface area contributed by atoms with Crippen LogP contribution in [0.2, 0.25) is 5.02 Å². The van der Waals surface area contributed by atoms with E-state index in [0.717, 1.165) is 25.3 Å². The number of benzene rings is 1. The van der Waals surface area contributed by atoms with Crippen molar-refractivity contribution < 1.29 is 19.0 Å². The second-order valence-electron chi connectivity index (χ2n) is 6.74. The summed E-state index contributed by atoms with van der Waals surface area (Å²) in [5.41, 5.74) is 1.29. The van der Waals surface area contributed by atoms with Crippen molar-refractivity contribution in [3.8, 4) is 11.5 Å². The number of thiazole rings is 1. The summed E-state index contributed by atoms with van der Waals surface area (Å²) >= 11 is 7.58. The molecule has 2 heterocycles. The number of carbonyl (C=O) groups is 1. The Bertz CT molecular complexity index is 835. The van der Waals surface area contributed by atoms with Gasteiger partial charge >= 0.3 is 0 Å². The molecule has 1 amide bonds. The minimum atomic E-state index is -0.308. The normalized spacial score (nSPS) is 20.0. The maximum Gasteiger partial charge on any atom is 0.257 e. The smallest absolute Gasteiger partial charge is 0.257 e. The van der Waals surface area contributed by atoms with Gasteiger partial charge in [0, 0.05) is 30.6 Å². The van der Waals surface area contributed by atoms with E-state index in [1.54, 1.807) is 12.1 Å². The molecule has 0 aliphatic carbocycles. The summed E-state index contributed by atoms with van der Waals surface area (Å²) in [5, 5.41) is 5.63. The number of aromatic nitrogens is 1. The molecule has 3 rings (SSSR count). The van der Waals surface area contributed by atoms with Crippen molar-refractivity contribution in [1.82, 2.24) is 9.88 Å². The van der Waals surface area contributed by atoms with Gasteiger partial charge in [-0.3, -0.25) is 15.0 Å². The van der Waals surface area contributed by atoms with E-state index >= 15 is 0 Å². The zero-order valence-electron chi connectivity index (χ0n) is 16.3. The number of anilines is 1. The fourth-order valence-electron chi connectivity index (χ4n) is 3.30. The van der Waals surface area contributed by atoms with Crippen molar-refractivity contribution in [2.45, 2.75) is 32.6 Å². The average Bonchev–Trinajstić information content (AvgIpc) is 3.06. The Morgan fingerprint density at radius 2 is 2.04 bits per heavy atom. The van der Waals surface area contributed by atoms with E-state index in [2.05, 4.69) is 29.0 Å². The maximum absolute atomic E-state index is 12.6. The van der Waals surface area contributed by atoms with Crippen LogP contribution in [0.25, 0.3) is 0 Å². The number of carbonyl (C=O) groups excluding carboxylic acids is 1. The molecule has 152 valence electrons. The van der Waals surface area contributed by atoms with E-state index in [1.807, 2.05) is 5.38 Å². The molecule has 2 unspecified atom stereocenters.